The highest BCUT2D eigenvalue weighted by Gasteiger charge is 2.08. The summed E-state index contributed by atoms with van der Waals surface area (Å²) >= 11 is 1.11. The first-order chi connectivity index (χ1) is 6.22. The van der Waals surface area contributed by atoms with Crippen LogP contribution in [-0.4, -0.2) is 6.29 Å². The van der Waals surface area contributed by atoms with Gasteiger partial charge < -0.3 is 5.73 Å². The molecule has 66 valence electrons. The van der Waals surface area contributed by atoms with E-state index in [-0.39, 0.29) is 5.69 Å². The number of carbonyl (C=O) groups excluding carboxylic acids is 1. The van der Waals surface area contributed by atoms with Crippen LogP contribution in [0.4, 0.5) is 10.1 Å². The van der Waals surface area contributed by atoms with Crippen LogP contribution in [0.15, 0.2) is 18.2 Å². The molecule has 0 unspecified atom stereocenters. The maximum atomic E-state index is 13.3. The number of carbonyl (C=O) groups is 1. The molecule has 2 aromatic rings. The van der Waals surface area contributed by atoms with Crippen LogP contribution in [0.1, 0.15) is 9.67 Å². The van der Waals surface area contributed by atoms with Crippen LogP contribution in [0, 0.1) is 5.82 Å². The normalized spacial score (nSPS) is 10.5. The molecule has 0 aliphatic carbocycles. The van der Waals surface area contributed by atoms with Crippen molar-refractivity contribution in [2.24, 2.45) is 0 Å². The lowest BCUT2D eigenvalue weighted by molar-refractivity contribution is 0.112. The van der Waals surface area contributed by atoms with Gasteiger partial charge in [0.1, 0.15) is 0 Å². The molecule has 1 aromatic heterocycles. The molecule has 2 nitrogen and oxygen atoms in total. The van der Waals surface area contributed by atoms with E-state index in [0.29, 0.717) is 15.9 Å². The Balaban J connectivity index is 2.83. The number of anilines is 1. The lowest BCUT2D eigenvalue weighted by Gasteiger charge is -1.95. The largest absolute Gasteiger partial charge is 0.396 e. The number of nitrogen functional groups attached to an aromatic ring is 1. The molecule has 0 aliphatic heterocycles. The Morgan fingerprint density at radius 3 is 2.92 bits per heavy atom. The smallest absolute Gasteiger partial charge is 0.163 e. The molecule has 0 fully saturated rings. The van der Waals surface area contributed by atoms with Gasteiger partial charge in [0.25, 0.3) is 0 Å². The molecule has 0 bridgehead atoms. The average Bonchev–Trinajstić information content (AvgIpc) is 2.55. The van der Waals surface area contributed by atoms with Crippen molar-refractivity contribution in [1.82, 2.24) is 0 Å². The van der Waals surface area contributed by atoms with E-state index < -0.39 is 5.82 Å². The SMILES string of the molecule is Nc1ccc2cc(C=O)sc2c1F. The van der Waals surface area contributed by atoms with E-state index in [1.54, 1.807) is 12.1 Å². The topological polar surface area (TPSA) is 43.1 Å². The number of nitrogens with two attached hydrogens (primary N) is 1. The summed E-state index contributed by atoms with van der Waals surface area (Å²) in [7, 11) is 0. The Kier molecular flexibility index (Phi) is 1.77. The average molecular weight is 195 g/mol. The molecule has 1 aromatic carbocycles. The van der Waals surface area contributed by atoms with E-state index in [1.807, 2.05) is 0 Å². The van der Waals surface area contributed by atoms with E-state index in [4.69, 9.17) is 5.73 Å². The lowest BCUT2D eigenvalue weighted by atomic mass is 10.2. The third-order valence-corrected chi connectivity index (χ3v) is 2.86. The predicted octanol–water partition coefficient (Wildman–Crippen LogP) is 2.44. The maximum Gasteiger partial charge on any atom is 0.163 e. The van der Waals surface area contributed by atoms with Gasteiger partial charge in [0.05, 0.1) is 15.3 Å². The van der Waals surface area contributed by atoms with E-state index >= 15 is 0 Å². The number of thiophene rings is 1. The minimum absolute atomic E-state index is 0.117. The molecule has 2 N–H and O–H groups in total. The fourth-order valence-electron chi connectivity index (χ4n) is 1.16. The maximum absolute atomic E-state index is 13.3. The summed E-state index contributed by atoms with van der Waals surface area (Å²) in [6.45, 7) is 0. The zero-order valence-electron chi connectivity index (χ0n) is 6.58. The van der Waals surface area contributed by atoms with Crippen LogP contribution in [0.2, 0.25) is 0 Å². The van der Waals surface area contributed by atoms with Gasteiger partial charge in [-0.15, -0.1) is 11.3 Å². The van der Waals surface area contributed by atoms with Gasteiger partial charge in [0.2, 0.25) is 0 Å². The molecule has 0 saturated heterocycles. The number of fused-ring (bicyclic) bond motifs is 1. The fourth-order valence-corrected chi connectivity index (χ4v) is 2.08. The second-order valence-corrected chi connectivity index (χ2v) is 3.74. The summed E-state index contributed by atoms with van der Waals surface area (Å²) in [5, 5.41) is 0.721. The van der Waals surface area contributed by atoms with Crippen molar-refractivity contribution in [3.8, 4) is 0 Å². The second-order valence-electron chi connectivity index (χ2n) is 2.65. The Hall–Kier alpha value is -1.42. The van der Waals surface area contributed by atoms with Crippen LogP contribution in [0.5, 0.6) is 0 Å². The van der Waals surface area contributed by atoms with Crippen LogP contribution in [-0.2, 0) is 0 Å². The minimum atomic E-state index is -0.435. The van der Waals surface area contributed by atoms with Crippen molar-refractivity contribution in [2.75, 3.05) is 5.73 Å². The summed E-state index contributed by atoms with van der Waals surface area (Å²) < 4.78 is 13.8. The van der Waals surface area contributed by atoms with Crippen molar-refractivity contribution >= 4 is 33.4 Å². The van der Waals surface area contributed by atoms with Gasteiger partial charge in [-0.3, -0.25) is 4.79 Å². The zero-order valence-corrected chi connectivity index (χ0v) is 7.40. The number of aldehydes is 1. The first-order valence-electron chi connectivity index (χ1n) is 3.65. The van der Waals surface area contributed by atoms with Gasteiger partial charge in [-0.25, -0.2) is 4.39 Å². The van der Waals surface area contributed by atoms with E-state index in [9.17, 15) is 9.18 Å². The summed E-state index contributed by atoms with van der Waals surface area (Å²) in [5.41, 5.74) is 5.50. The van der Waals surface area contributed by atoms with Gasteiger partial charge in [-0.05, 0) is 17.5 Å². The van der Waals surface area contributed by atoms with Gasteiger partial charge >= 0.3 is 0 Å². The molecular weight excluding hydrogens is 189 g/mol. The Morgan fingerprint density at radius 2 is 2.23 bits per heavy atom. The Morgan fingerprint density at radius 1 is 1.46 bits per heavy atom. The third kappa shape index (κ3) is 1.19. The molecule has 2 rings (SSSR count). The molecule has 0 spiro atoms. The summed E-state index contributed by atoms with van der Waals surface area (Å²) in [5.74, 6) is -0.435. The number of halogens is 1. The van der Waals surface area contributed by atoms with Crippen molar-refractivity contribution in [1.29, 1.82) is 0 Å². The summed E-state index contributed by atoms with van der Waals surface area (Å²) in [4.78, 5) is 10.9. The van der Waals surface area contributed by atoms with Crippen molar-refractivity contribution < 1.29 is 9.18 Å². The Labute approximate surface area is 77.8 Å². The molecule has 0 radical (unpaired) electrons. The van der Waals surface area contributed by atoms with E-state index in [0.717, 1.165) is 16.7 Å². The third-order valence-electron chi connectivity index (χ3n) is 1.79. The van der Waals surface area contributed by atoms with Crippen molar-refractivity contribution in [3.63, 3.8) is 0 Å². The number of hydrogen-bond acceptors (Lipinski definition) is 3. The van der Waals surface area contributed by atoms with Gasteiger partial charge in [0, 0.05) is 0 Å². The minimum Gasteiger partial charge on any atom is -0.396 e. The first-order valence-corrected chi connectivity index (χ1v) is 4.46. The highest BCUT2D eigenvalue weighted by Crippen LogP contribution is 2.29. The zero-order chi connectivity index (χ0) is 9.42. The van der Waals surface area contributed by atoms with Crippen LogP contribution >= 0.6 is 11.3 Å². The van der Waals surface area contributed by atoms with E-state index in [2.05, 4.69) is 0 Å². The number of benzene rings is 1. The lowest BCUT2D eigenvalue weighted by Crippen LogP contribution is -1.88. The summed E-state index contributed by atoms with van der Waals surface area (Å²) in [6, 6.07) is 4.85. The highest BCUT2D eigenvalue weighted by molar-refractivity contribution is 7.20. The second kappa shape index (κ2) is 2.81. The van der Waals surface area contributed by atoms with Crippen LogP contribution < -0.4 is 5.73 Å². The van der Waals surface area contributed by atoms with Gasteiger partial charge in [-0.2, -0.15) is 0 Å². The number of rotatable bonds is 1. The molecule has 0 saturated carbocycles. The molecular formula is C9H6FNOS. The van der Waals surface area contributed by atoms with Crippen molar-refractivity contribution in [2.45, 2.75) is 0 Å². The standard InChI is InChI=1S/C9H6FNOS/c10-8-7(11)2-1-5-3-6(4-12)13-9(5)8/h1-4H,11H2. The van der Waals surface area contributed by atoms with Crippen LogP contribution in [0.25, 0.3) is 10.1 Å². The molecule has 13 heavy (non-hydrogen) atoms. The quantitative estimate of drug-likeness (QED) is 0.561. The highest BCUT2D eigenvalue weighted by atomic mass is 32.1. The molecule has 0 amide bonds. The number of hydrogen-bond donors (Lipinski definition) is 1. The molecule has 0 atom stereocenters. The van der Waals surface area contributed by atoms with E-state index in [1.165, 1.54) is 6.07 Å². The fraction of sp³-hybridized carbons (Fsp3) is 0. The van der Waals surface area contributed by atoms with Crippen molar-refractivity contribution in [3.05, 3.63) is 28.9 Å². The van der Waals surface area contributed by atoms with Crippen LogP contribution in [0.3, 0.4) is 0 Å². The summed E-state index contributed by atoms with van der Waals surface area (Å²) in [6.07, 6.45) is 0.709. The predicted molar refractivity (Wildman–Crippen MR) is 51.6 cm³/mol. The van der Waals surface area contributed by atoms with Gasteiger partial charge in [-0.1, -0.05) is 6.07 Å². The monoisotopic (exact) mass is 195 g/mol. The van der Waals surface area contributed by atoms with Gasteiger partial charge in [0.15, 0.2) is 12.1 Å². The molecule has 4 heteroatoms. The molecule has 0 aliphatic rings. The molecule has 1 heterocycles. The first kappa shape index (κ1) is 8.19. The Bertz CT molecular complexity index is 478.